The van der Waals surface area contributed by atoms with E-state index in [1.165, 1.54) is 0 Å². The Morgan fingerprint density at radius 1 is 1.03 bits per heavy atom. The van der Waals surface area contributed by atoms with E-state index in [1.54, 1.807) is 11.3 Å². The zero-order valence-electron chi connectivity index (χ0n) is 20.2. The fraction of sp³-hybridized carbons (Fsp3) is 0.276. The van der Waals surface area contributed by atoms with Gasteiger partial charge in [0.05, 0.1) is 17.6 Å². The second-order valence-electron chi connectivity index (χ2n) is 9.21. The van der Waals surface area contributed by atoms with E-state index in [4.69, 9.17) is 9.72 Å². The third-order valence-corrected chi connectivity index (χ3v) is 6.49. The molecule has 6 nitrogen and oxygen atoms in total. The van der Waals surface area contributed by atoms with Gasteiger partial charge in [0, 0.05) is 39.4 Å². The Kier molecular flexibility index (Phi) is 6.12. The van der Waals surface area contributed by atoms with Crippen LogP contribution in [0.3, 0.4) is 0 Å². The number of imidazole rings is 1. The SMILES string of the molecule is C=C(C)C(=O)OCCCCCCNc1ccc2c3c1cccc3c(=O)n1c3ccc(C)cc3nc21. The standard InChI is InChI=1S/C29H29N3O3/c1-18(2)29(34)35-16-7-5-4-6-15-30-23-13-12-21-26-20(23)9-8-10-22(26)28(33)32-25-14-11-19(3)17-24(25)31-27(21)32/h8-14,17,30H,1,4-7,15-16H2,2-3H3. The van der Waals surface area contributed by atoms with Crippen LogP contribution in [0.1, 0.15) is 38.2 Å². The average molecular weight is 468 g/mol. The summed E-state index contributed by atoms with van der Waals surface area (Å²) in [7, 11) is 0. The maximum absolute atomic E-state index is 13.5. The number of carbonyl (C=O) groups is 1. The predicted molar refractivity (Wildman–Crippen MR) is 143 cm³/mol. The Morgan fingerprint density at radius 3 is 2.66 bits per heavy atom. The Balaban J connectivity index is 1.35. The van der Waals surface area contributed by atoms with Gasteiger partial charge in [0.2, 0.25) is 0 Å². The number of pyridine rings is 1. The number of rotatable bonds is 9. The summed E-state index contributed by atoms with van der Waals surface area (Å²) < 4.78 is 6.88. The molecule has 5 rings (SSSR count). The minimum Gasteiger partial charge on any atom is -0.462 e. The number of aromatic nitrogens is 2. The lowest BCUT2D eigenvalue weighted by Gasteiger charge is -2.13. The Hall–Kier alpha value is -3.93. The van der Waals surface area contributed by atoms with E-state index in [1.807, 2.05) is 37.3 Å². The zero-order valence-corrected chi connectivity index (χ0v) is 20.2. The van der Waals surface area contributed by atoms with E-state index in [2.05, 4.69) is 30.1 Å². The van der Waals surface area contributed by atoms with Crippen LogP contribution < -0.4 is 10.9 Å². The fourth-order valence-corrected chi connectivity index (χ4v) is 4.71. The Bertz CT molecular complexity index is 1630. The van der Waals surface area contributed by atoms with Gasteiger partial charge in [0.1, 0.15) is 5.65 Å². The van der Waals surface area contributed by atoms with Crippen LogP contribution in [0, 0.1) is 6.92 Å². The van der Waals surface area contributed by atoms with Crippen molar-refractivity contribution in [1.29, 1.82) is 0 Å². The summed E-state index contributed by atoms with van der Waals surface area (Å²) in [4.78, 5) is 29.7. The van der Waals surface area contributed by atoms with Gasteiger partial charge in [-0.2, -0.15) is 0 Å². The third-order valence-electron chi connectivity index (χ3n) is 6.49. The summed E-state index contributed by atoms with van der Waals surface area (Å²) in [6, 6.07) is 16.1. The van der Waals surface area contributed by atoms with Crippen LogP contribution in [0.25, 0.3) is 38.2 Å². The summed E-state index contributed by atoms with van der Waals surface area (Å²) >= 11 is 0. The predicted octanol–water partition coefficient (Wildman–Crippen LogP) is 5.99. The molecule has 0 saturated carbocycles. The molecule has 0 amide bonds. The highest BCUT2D eigenvalue weighted by atomic mass is 16.5. The molecular weight excluding hydrogens is 438 g/mol. The molecule has 0 saturated heterocycles. The first-order chi connectivity index (χ1) is 17.0. The molecule has 0 atom stereocenters. The number of aryl methyl sites for hydroxylation is 1. The number of carbonyl (C=O) groups excluding carboxylic acids is 1. The maximum Gasteiger partial charge on any atom is 0.333 e. The smallest absolute Gasteiger partial charge is 0.333 e. The lowest BCUT2D eigenvalue weighted by Crippen LogP contribution is -2.13. The number of ether oxygens (including phenoxy) is 1. The number of nitrogens with zero attached hydrogens (tertiary/aromatic N) is 2. The second-order valence-corrected chi connectivity index (χ2v) is 9.21. The quantitative estimate of drug-likeness (QED) is 0.164. The molecule has 3 aromatic carbocycles. The van der Waals surface area contributed by atoms with Crippen LogP contribution in [0.2, 0.25) is 0 Å². The number of hydrogen-bond donors (Lipinski definition) is 1. The van der Waals surface area contributed by atoms with E-state index in [9.17, 15) is 9.59 Å². The second kappa shape index (κ2) is 9.37. The molecule has 2 heterocycles. The van der Waals surface area contributed by atoms with Crippen molar-refractivity contribution in [3.05, 3.63) is 76.6 Å². The molecule has 6 heteroatoms. The van der Waals surface area contributed by atoms with Gasteiger partial charge in [0.15, 0.2) is 0 Å². The van der Waals surface area contributed by atoms with E-state index in [0.29, 0.717) is 23.2 Å². The minimum atomic E-state index is -0.321. The topological polar surface area (TPSA) is 72.7 Å². The molecule has 5 aromatic rings. The summed E-state index contributed by atoms with van der Waals surface area (Å²) in [5, 5.41) is 7.24. The Labute approximate surface area is 203 Å². The number of unbranched alkanes of at least 4 members (excludes halogenated alkanes) is 3. The number of nitrogens with one attached hydrogen (secondary N) is 1. The number of fused-ring (bicyclic) bond motifs is 4. The van der Waals surface area contributed by atoms with Crippen molar-refractivity contribution in [2.24, 2.45) is 0 Å². The molecule has 0 aliphatic carbocycles. The summed E-state index contributed by atoms with van der Waals surface area (Å²) in [5.74, 6) is -0.321. The minimum absolute atomic E-state index is 0.0334. The van der Waals surface area contributed by atoms with E-state index < -0.39 is 0 Å². The van der Waals surface area contributed by atoms with Crippen molar-refractivity contribution in [2.75, 3.05) is 18.5 Å². The van der Waals surface area contributed by atoms with Gasteiger partial charge in [-0.15, -0.1) is 0 Å². The van der Waals surface area contributed by atoms with Crippen molar-refractivity contribution in [3.8, 4) is 0 Å². The van der Waals surface area contributed by atoms with Crippen molar-refractivity contribution in [3.63, 3.8) is 0 Å². The molecule has 0 aliphatic rings. The van der Waals surface area contributed by atoms with E-state index >= 15 is 0 Å². The molecule has 0 spiro atoms. The molecule has 0 radical (unpaired) electrons. The molecular formula is C29H29N3O3. The average Bonchev–Trinajstić information content (AvgIpc) is 3.23. The first-order valence-electron chi connectivity index (χ1n) is 12.1. The molecule has 0 unspecified atom stereocenters. The molecule has 178 valence electrons. The monoisotopic (exact) mass is 467 g/mol. The maximum atomic E-state index is 13.5. The highest BCUT2D eigenvalue weighted by Gasteiger charge is 2.17. The molecule has 0 fully saturated rings. The highest BCUT2D eigenvalue weighted by molar-refractivity contribution is 6.18. The molecule has 0 bridgehead atoms. The van der Waals surface area contributed by atoms with Gasteiger partial charge in [-0.3, -0.25) is 9.20 Å². The van der Waals surface area contributed by atoms with Gasteiger partial charge in [-0.25, -0.2) is 9.78 Å². The zero-order chi connectivity index (χ0) is 24.5. The molecule has 0 aliphatic heterocycles. The number of anilines is 1. The van der Waals surface area contributed by atoms with E-state index in [0.717, 1.165) is 70.7 Å². The van der Waals surface area contributed by atoms with Crippen LogP contribution >= 0.6 is 0 Å². The normalized spacial score (nSPS) is 11.6. The van der Waals surface area contributed by atoms with Crippen molar-refractivity contribution in [2.45, 2.75) is 39.5 Å². The summed E-state index contributed by atoms with van der Waals surface area (Å²) in [5.41, 5.74) is 4.93. The largest absolute Gasteiger partial charge is 0.462 e. The van der Waals surface area contributed by atoms with Crippen LogP contribution in [0.5, 0.6) is 0 Å². The van der Waals surface area contributed by atoms with Crippen molar-refractivity contribution < 1.29 is 9.53 Å². The van der Waals surface area contributed by atoms with Gasteiger partial charge >= 0.3 is 5.97 Å². The third kappa shape index (κ3) is 4.20. The van der Waals surface area contributed by atoms with Gasteiger partial charge in [0.25, 0.3) is 5.56 Å². The van der Waals surface area contributed by atoms with Gasteiger partial charge in [-0.1, -0.05) is 31.2 Å². The van der Waals surface area contributed by atoms with Crippen LogP contribution in [0.4, 0.5) is 5.69 Å². The molecule has 2 aromatic heterocycles. The number of hydrogen-bond acceptors (Lipinski definition) is 5. The van der Waals surface area contributed by atoms with Crippen LogP contribution in [-0.4, -0.2) is 28.5 Å². The molecule has 1 N–H and O–H groups in total. The first kappa shape index (κ1) is 22.8. The van der Waals surface area contributed by atoms with Crippen molar-refractivity contribution >= 4 is 49.9 Å². The van der Waals surface area contributed by atoms with Crippen LogP contribution in [0.15, 0.2) is 65.5 Å². The van der Waals surface area contributed by atoms with Gasteiger partial charge in [-0.05, 0) is 69.0 Å². The van der Waals surface area contributed by atoms with Crippen LogP contribution in [-0.2, 0) is 9.53 Å². The van der Waals surface area contributed by atoms with Gasteiger partial charge < -0.3 is 10.1 Å². The summed E-state index contributed by atoms with van der Waals surface area (Å²) in [6.07, 6.45) is 3.90. The summed E-state index contributed by atoms with van der Waals surface area (Å²) in [6.45, 7) is 8.54. The highest BCUT2D eigenvalue weighted by Crippen LogP contribution is 2.34. The lowest BCUT2D eigenvalue weighted by atomic mass is 10.0. The van der Waals surface area contributed by atoms with Crippen molar-refractivity contribution in [1.82, 2.24) is 9.38 Å². The lowest BCUT2D eigenvalue weighted by molar-refractivity contribution is -0.139. The number of esters is 1. The fourth-order valence-electron chi connectivity index (χ4n) is 4.71. The number of benzene rings is 3. The Morgan fingerprint density at radius 2 is 1.83 bits per heavy atom. The first-order valence-corrected chi connectivity index (χ1v) is 12.1. The molecule has 35 heavy (non-hydrogen) atoms. The van der Waals surface area contributed by atoms with E-state index in [-0.39, 0.29) is 11.5 Å².